The number of hydrogen-bond donors (Lipinski definition) is 3. The molecule has 1 aliphatic carbocycles. The maximum atomic E-state index is 13.7. The number of aryl methyl sites for hydroxylation is 1. The van der Waals surface area contributed by atoms with Gasteiger partial charge in [0.25, 0.3) is 10.1 Å². The molecule has 1 heterocycles. The Hall–Kier alpha value is -4.93. The Morgan fingerprint density at radius 2 is 1.41 bits per heavy atom. The van der Waals surface area contributed by atoms with Crippen LogP contribution in [0.4, 0.5) is 5.69 Å². The first-order valence-electron chi connectivity index (χ1n) is 16.0. The fraction of sp³-hybridized carbons (Fsp3) is 0.282. The van der Waals surface area contributed by atoms with Crippen LogP contribution in [0.1, 0.15) is 97.0 Å². The summed E-state index contributed by atoms with van der Waals surface area (Å²) in [4.78, 5) is 45.0. The summed E-state index contributed by atoms with van der Waals surface area (Å²) < 4.78 is 33.7. The van der Waals surface area contributed by atoms with E-state index in [1.165, 1.54) is 24.3 Å². The number of nitrogens with zero attached hydrogens (tertiary/aromatic N) is 1. The third-order valence-electron chi connectivity index (χ3n) is 9.05. The first-order valence-corrected chi connectivity index (χ1v) is 17.5. The molecule has 0 fully saturated rings. The van der Waals surface area contributed by atoms with Crippen LogP contribution in [-0.2, 0) is 32.2 Å². The molecule has 5 aromatic rings. The smallest absolute Gasteiger partial charge is 0.295 e. The number of carbonyl (C=O) groups is 3. The van der Waals surface area contributed by atoms with Gasteiger partial charge in [0.1, 0.15) is 16.6 Å². The van der Waals surface area contributed by atoms with Crippen molar-refractivity contribution in [1.29, 1.82) is 0 Å². The number of aromatic nitrogens is 1. The zero-order chi connectivity index (χ0) is 35.6. The molecule has 6 rings (SSSR count). The van der Waals surface area contributed by atoms with Crippen molar-refractivity contribution >= 4 is 55.0 Å². The maximum absolute atomic E-state index is 13.7. The lowest BCUT2D eigenvalue weighted by atomic mass is 9.78. The van der Waals surface area contributed by atoms with Crippen molar-refractivity contribution in [1.82, 2.24) is 4.98 Å². The van der Waals surface area contributed by atoms with Gasteiger partial charge in [-0.05, 0) is 69.7 Å². The number of Topliss-reactive ketones (excluding diaryl/α,β-unsaturated/α-hetero) is 2. The van der Waals surface area contributed by atoms with E-state index >= 15 is 0 Å². The third-order valence-corrected chi connectivity index (χ3v) is 9.96. The molecule has 1 atom stereocenters. The fourth-order valence-corrected chi connectivity index (χ4v) is 7.21. The largest absolute Gasteiger partial charge is 0.507 e. The average Bonchev–Trinajstić information content (AvgIpc) is 3.25. The molecular weight excluding hydrogens is 641 g/mol. The number of benzene rings is 4. The van der Waals surface area contributed by atoms with Crippen molar-refractivity contribution in [3.05, 3.63) is 106 Å². The van der Waals surface area contributed by atoms with Crippen molar-refractivity contribution in [3.63, 3.8) is 0 Å². The molecule has 252 valence electrons. The zero-order valence-electron chi connectivity index (χ0n) is 28.2. The summed E-state index contributed by atoms with van der Waals surface area (Å²) in [7, 11) is -4.57. The van der Waals surface area contributed by atoms with Gasteiger partial charge >= 0.3 is 0 Å². The molecule has 49 heavy (non-hydrogen) atoms. The molecule has 1 unspecified atom stereocenters. The molecule has 0 spiro atoms. The second kappa shape index (κ2) is 11.9. The van der Waals surface area contributed by atoms with E-state index in [1.807, 2.05) is 59.7 Å². The van der Waals surface area contributed by atoms with Crippen molar-refractivity contribution in [2.45, 2.75) is 76.0 Å². The number of aromatic hydroxyl groups is 1. The molecule has 1 aromatic heterocycles. The Bertz CT molecular complexity index is 2300. The molecular formula is C39H38N2O7S. The highest BCUT2D eigenvalue weighted by Gasteiger charge is 2.41. The second-order valence-corrected chi connectivity index (χ2v) is 16.1. The van der Waals surface area contributed by atoms with Crippen LogP contribution in [0.2, 0.25) is 0 Å². The number of pyridine rings is 1. The normalized spacial score (nSPS) is 15.2. The van der Waals surface area contributed by atoms with E-state index in [9.17, 15) is 32.5 Å². The number of rotatable bonds is 6. The molecule has 0 saturated heterocycles. The molecule has 0 aliphatic heterocycles. The van der Waals surface area contributed by atoms with Gasteiger partial charge in [-0.2, -0.15) is 8.42 Å². The van der Waals surface area contributed by atoms with Gasteiger partial charge in [-0.15, -0.1) is 0 Å². The quantitative estimate of drug-likeness (QED) is 0.122. The highest BCUT2D eigenvalue weighted by Crippen LogP contribution is 2.41. The van der Waals surface area contributed by atoms with Crippen LogP contribution < -0.4 is 5.32 Å². The van der Waals surface area contributed by atoms with Gasteiger partial charge < -0.3 is 10.4 Å². The maximum Gasteiger partial charge on any atom is 0.295 e. The van der Waals surface area contributed by atoms with Gasteiger partial charge in [0, 0.05) is 28.3 Å². The van der Waals surface area contributed by atoms with Crippen LogP contribution in [0.5, 0.6) is 5.75 Å². The Balaban J connectivity index is 1.28. The molecule has 3 N–H and O–H groups in total. The van der Waals surface area contributed by atoms with E-state index in [1.54, 1.807) is 30.3 Å². The number of carbonyl (C=O) groups excluding carboxylic acids is 3. The molecule has 0 radical (unpaired) electrons. The molecule has 0 saturated carbocycles. The zero-order valence-corrected chi connectivity index (χ0v) is 29.0. The molecule has 0 bridgehead atoms. The first kappa shape index (κ1) is 34.0. The highest BCUT2D eigenvalue weighted by molar-refractivity contribution is 7.86. The topological polar surface area (TPSA) is 151 Å². The van der Waals surface area contributed by atoms with Gasteiger partial charge in [-0.1, -0.05) is 84.0 Å². The molecule has 1 amide bonds. The fourth-order valence-electron chi connectivity index (χ4n) is 6.50. The van der Waals surface area contributed by atoms with E-state index in [4.69, 9.17) is 4.98 Å². The number of nitrogens with one attached hydrogen (secondary N) is 1. The molecule has 9 nitrogen and oxygen atoms in total. The van der Waals surface area contributed by atoms with E-state index in [0.29, 0.717) is 28.4 Å². The lowest BCUT2D eigenvalue weighted by Gasteiger charge is -2.28. The lowest BCUT2D eigenvalue weighted by molar-refractivity contribution is -0.116. The van der Waals surface area contributed by atoms with Crippen LogP contribution in [0.25, 0.3) is 21.7 Å². The summed E-state index contributed by atoms with van der Waals surface area (Å²) in [5.41, 5.74) is 3.25. The van der Waals surface area contributed by atoms with Gasteiger partial charge in [0.15, 0.2) is 11.6 Å². The van der Waals surface area contributed by atoms with E-state index in [2.05, 4.69) is 5.32 Å². The predicted octanol–water partition coefficient (Wildman–Crippen LogP) is 7.67. The lowest BCUT2D eigenvalue weighted by Crippen LogP contribution is -2.18. The van der Waals surface area contributed by atoms with E-state index < -0.39 is 27.6 Å². The predicted molar refractivity (Wildman–Crippen MR) is 189 cm³/mol. The van der Waals surface area contributed by atoms with Crippen LogP contribution >= 0.6 is 0 Å². The minimum Gasteiger partial charge on any atom is -0.507 e. The van der Waals surface area contributed by atoms with Crippen LogP contribution in [0.15, 0.2) is 77.7 Å². The SMILES string of the molecule is CC(C)(C)c1cc(CCC(=O)Nc2cccc3ccc(C4C(=O)c5cc6cccc(S(=O)(=O)O)c6cc5C4=O)nc23)cc(C(C)(C)C)c1O. The Kier molecular flexibility index (Phi) is 8.24. The minimum absolute atomic E-state index is 0.0561. The summed E-state index contributed by atoms with van der Waals surface area (Å²) in [6.07, 6.45) is 0.612. The highest BCUT2D eigenvalue weighted by atomic mass is 32.2. The number of anilines is 1. The van der Waals surface area contributed by atoms with Gasteiger partial charge in [-0.25, -0.2) is 4.98 Å². The number of phenolic OH excluding ortho intramolecular Hbond substituents is 1. The summed E-state index contributed by atoms with van der Waals surface area (Å²) in [5, 5.41) is 15.2. The van der Waals surface area contributed by atoms with E-state index in [-0.39, 0.29) is 56.0 Å². The first-order chi connectivity index (χ1) is 22.8. The number of ketones is 2. The molecule has 1 aliphatic rings. The Morgan fingerprint density at radius 1 is 0.816 bits per heavy atom. The van der Waals surface area contributed by atoms with Crippen molar-refractivity contribution in [2.75, 3.05) is 5.32 Å². The van der Waals surface area contributed by atoms with Crippen molar-refractivity contribution < 1.29 is 32.5 Å². The van der Waals surface area contributed by atoms with Crippen LogP contribution in [0, 0.1) is 0 Å². The Morgan fingerprint density at radius 3 is 2.02 bits per heavy atom. The molecule has 4 aromatic carbocycles. The minimum atomic E-state index is -4.57. The Labute approximate surface area is 285 Å². The van der Waals surface area contributed by atoms with Gasteiger partial charge in [-0.3, -0.25) is 18.9 Å². The number of hydrogen-bond acceptors (Lipinski definition) is 7. The van der Waals surface area contributed by atoms with Crippen LogP contribution in [-0.4, -0.2) is 40.5 Å². The summed E-state index contributed by atoms with van der Waals surface area (Å²) in [6.45, 7) is 12.2. The van der Waals surface area contributed by atoms with Gasteiger partial charge in [0.2, 0.25) is 5.91 Å². The van der Waals surface area contributed by atoms with E-state index in [0.717, 1.165) is 16.7 Å². The number of para-hydroxylation sites is 1. The van der Waals surface area contributed by atoms with Crippen molar-refractivity contribution in [2.24, 2.45) is 0 Å². The third kappa shape index (κ3) is 6.34. The van der Waals surface area contributed by atoms with Crippen LogP contribution in [0.3, 0.4) is 0 Å². The average molecular weight is 679 g/mol. The second-order valence-electron chi connectivity index (χ2n) is 14.7. The number of phenols is 1. The number of fused-ring (bicyclic) bond motifs is 3. The summed E-state index contributed by atoms with van der Waals surface area (Å²) in [5.74, 6) is -2.21. The monoisotopic (exact) mass is 678 g/mol. The number of amides is 1. The van der Waals surface area contributed by atoms with Gasteiger partial charge in [0.05, 0.1) is 16.9 Å². The molecule has 10 heteroatoms. The summed E-state index contributed by atoms with van der Waals surface area (Å²) in [6, 6.07) is 19.7. The van der Waals surface area contributed by atoms with Crippen molar-refractivity contribution in [3.8, 4) is 5.75 Å². The standard InChI is InChI=1S/C39H38N2O7S/c1-38(2,3)27-17-21(18-28(37(27)45)39(4,5)6)13-16-32(42)40-30-11-7-9-22-14-15-29(41-34(22)30)33-35(43)25-19-23-10-8-12-31(49(46,47)48)24(23)20-26(25)36(33)44/h7-12,14-15,17-20,33,45H,13,16H2,1-6H3,(H,40,42)(H,46,47,48). The summed E-state index contributed by atoms with van der Waals surface area (Å²) >= 11 is 0.